The molecule has 1 heterocycles. The van der Waals surface area contributed by atoms with Crippen molar-refractivity contribution in [3.63, 3.8) is 0 Å². The van der Waals surface area contributed by atoms with Gasteiger partial charge in [-0.3, -0.25) is 0 Å². The van der Waals surface area contributed by atoms with E-state index in [1.54, 1.807) is 12.1 Å². The van der Waals surface area contributed by atoms with Crippen molar-refractivity contribution in [2.24, 2.45) is 0 Å². The lowest BCUT2D eigenvalue weighted by Gasteiger charge is -2.16. The summed E-state index contributed by atoms with van der Waals surface area (Å²) in [4.78, 5) is 11.2. The molecule has 2 unspecified atom stereocenters. The Hall–Kier alpha value is -2.36. The van der Waals surface area contributed by atoms with E-state index < -0.39 is 18.7 Å². The van der Waals surface area contributed by atoms with Crippen molar-refractivity contribution in [2.45, 2.75) is 12.0 Å². The van der Waals surface area contributed by atoms with Crippen LogP contribution >= 0.6 is 0 Å². The van der Waals surface area contributed by atoms with E-state index in [0.717, 1.165) is 11.1 Å². The second-order valence-corrected chi connectivity index (χ2v) is 4.73. The molecule has 1 aliphatic rings. The molecule has 0 fully saturated rings. The van der Waals surface area contributed by atoms with Gasteiger partial charge in [0, 0.05) is 5.56 Å². The molecule has 2 atom stereocenters. The largest absolute Gasteiger partial charge is 0.485 e. The monoisotopic (exact) mass is 272 g/mol. The molecule has 1 aliphatic heterocycles. The number of carbonyl (C=O) groups is 1. The van der Waals surface area contributed by atoms with E-state index in [-0.39, 0.29) is 17.2 Å². The standard InChI is InChI=1S/C16H13FO3/c17-9-13-14(10-5-2-1-3-6-10)11-7-4-8-12(16(18)19)15(11)20-13/h1-8,13-14H,9H2,(H,18,19). The van der Waals surface area contributed by atoms with Gasteiger partial charge in [-0.15, -0.1) is 0 Å². The van der Waals surface area contributed by atoms with Gasteiger partial charge in [-0.2, -0.15) is 0 Å². The zero-order valence-corrected chi connectivity index (χ0v) is 10.6. The van der Waals surface area contributed by atoms with Crippen molar-refractivity contribution in [1.82, 2.24) is 0 Å². The van der Waals surface area contributed by atoms with Crippen LogP contribution in [-0.4, -0.2) is 23.9 Å². The first-order chi connectivity index (χ1) is 9.72. The van der Waals surface area contributed by atoms with Crippen LogP contribution in [0.1, 0.15) is 27.4 Å². The molecule has 0 radical (unpaired) electrons. The number of ether oxygens (including phenoxy) is 1. The molecular weight excluding hydrogens is 259 g/mol. The highest BCUT2D eigenvalue weighted by Gasteiger charge is 2.37. The summed E-state index contributed by atoms with van der Waals surface area (Å²) in [5.41, 5.74) is 1.74. The Morgan fingerprint density at radius 1 is 1.15 bits per heavy atom. The maximum atomic E-state index is 13.3. The lowest BCUT2D eigenvalue weighted by atomic mass is 9.88. The summed E-state index contributed by atoms with van der Waals surface area (Å²) in [5.74, 6) is -1.04. The molecule has 20 heavy (non-hydrogen) atoms. The Kier molecular flexibility index (Phi) is 3.14. The van der Waals surface area contributed by atoms with Gasteiger partial charge in [0.15, 0.2) is 0 Å². The summed E-state index contributed by atoms with van der Waals surface area (Å²) in [5, 5.41) is 9.19. The molecule has 0 bridgehead atoms. The van der Waals surface area contributed by atoms with Gasteiger partial charge >= 0.3 is 5.97 Å². The molecule has 2 aromatic carbocycles. The van der Waals surface area contributed by atoms with Gasteiger partial charge in [0.2, 0.25) is 0 Å². The van der Waals surface area contributed by atoms with Crippen molar-refractivity contribution in [3.8, 4) is 5.75 Å². The maximum absolute atomic E-state index is 13.3. The predicted molar refractivity (Wildman–Crippen MR) is 72.1 cm³/mol. The summed E-state index contributed by atoms with van der Waals surface area (Å²) in [6, 6.07) is 14.4. The van der Waals surface area contributed by atoms with Gasteiger partial charge < -0.3 is 9.84 Å². The van der Waals surface area contributed by atoms with E-state index in [9.17, 15) is 14.3 Å². The SMILES string of the molecule is O=C(O)c1cccc2c1OC(CF)C2c1ccccc1. The number of fused-ring (bicyclic) bond motifs is 1. The maximum Gasteiger partial charge on any atom is 0.339 e. The second kappa shape index (κ2) is 4.96. The fraction of sp³-hybridized carbons (Fsp3) is 0.188. The number of halogens is 1. The average Bonchev–Trinajstić information content (AvgIpc) is 2.86. The first kappa shape index (κ1) is 12.7. The number of rotatable bonds is 3. The highest BCUT2D eigenvalue weighted by atomic mass is 19.1. The Bertz CT molecular complexity index is 639. The molecule has 3 nitrogen and oxygen atoms in total. The van der Waals surface area contributed by atoms with Crippen LogP contribution in [0, 0.1) is 0 Å². The van der Waals surface area contributed by atoms with Crippen LogP contribution < -0.4 is 4.74 Å². The van der Waals surface area contributed by atoms with Crippen molar-refractivity contribution in [2.75, 3.05) is 6.67 Å². The number of para-hydroxylation sites is 1. The summed E-state index contributed by atoms with van der Waals surface area (Å²) in [7, 11) is 0. The highest BCUT2D eigenvalue weighted by molar-refractivity contribution is 5.92. The number of benzene rings is 2. The number of alkyl halides is 1. The Morgan fingerprint density at radius 2 is 1.90 bits per heavy atom. The van der Waals surface area contributed by atoms with Crippen LogP contribution in [0.3, 0.4) is 0 Å². The van der Waals surface area contributed by atoms with Crippen LogP contribution in [0.15, 0.2) is 48.5 Å². The lowest BCUT2D eigenvalue weighted by Crippen LogP contribution is -2.22. The third kappa shape index (κ3) is 1.93. The van der Waals surface area contributed by atoms with E-state index in [2.05, 4.69) is 0 Å². The molecule has 1 N–H and O–H groups in total. The van der Waals surface area contributed by atoms with Gasteiger partial charge in [-0.1, -0.05) is 42.5 Å². The van der Waals surface area contributed by atoms with Gasteiger partial charge in [0.1, 0.15) is 24.1 Å². The van der Waals surface area contributed by atoms with E-state index in [1.807, 2.05) is 30.3 Å². The number of hydrogen-bond donors (Lipinski definition) is 1. The third-order valence-corrected chi connectivity index (χ3v) is 3.56. The Balaban J connectivity index is 2.13. The minimum absolute atomic E-state index is 0.0828. The van der Waals surface area contributed by atoms with Gasteiger partial charge in [0.25, 0.3) is 0 Å². The van der Waals surface area contributed by atoms with E-state index in [1.165, 1.54) is 6.07 Å². The summed E-state index contributed by atoms with van der Waals surface area (Å²) >= 11 is 0. The lowest BCUT2D eigenvalue weighted by molar-refractivity contribution is 0.0689. The summed E-state index contributed by atoms with van der Waals surface area (Å²) in [6.07, 6.45) is -0.673. The van der Waals surface area contributed by atoms with Gasteiger partial charge in [-0.05, 0) is 11.6 Å². The molecular formula is C16H13FO3. The predicted octanol–water partition coefficient (Wildman–Crippen LogP) is 3.25. The van der Waals surface area contributed by atoms with Gasteiger partial charge in [0.05, 0.1) is 5.92 Å². The molecule has 0 aromatic heterocycles. The topological polar surface area (TPSA) is 46.5 Å². The van der Waals surface area contributed by atoms with E-state index in [0.29, 0.717) is 0 Å². The molecule has 4 heteroatoms. The first-order valence-electron chi connectivity index (χ1n) is 6.36. The zero-order chi connectivity index (χ0) is 14.1. The molecule has 0 amide bonds. The number of carboxylic acids is 1. The second-order valence-electron chi connectivity index (χ2n) is 4.73. The smallest absolute Gasteiger partial charge is 0.339 e. The van der Waals surface area contributed by atoms with Gasteiger partial charge in [-0.25, -0.2) is 9.18 Å². The van der Waals surface area contributed by atoms with E-state index >= 15 is 0 Å². The summed E-state index contributed by atoms with van der Waals surface area (Å²) < 4.78 is 18.8. The molecule has 0 saturated heterocycles. The minimum Gasteiger partial charge on any atom is -0.485 e. The van der Waals surface area contributed by atoms with Crippen molar-refractivity contribution >= 4 is 5.97 Å². The normalized spacial score (nSPS) is 20.2. The minimum atomic E-state index is -1.06. The average molecular weight is 272 g/mol. The number of aromatic carboxylic acids is 1. The van der Waals surface area contributed by atoms with Crippen molar-refractivity contribution in [3.05, 3.63) is 65.2 Å². The zero-order valence-electron chi connectivity index (χ0n) is 10.6. The quantitative estimate of drug-likeness (QED) is 0.933. The van der Waals surface area contributed by atoms with Crippen LogP contribution in [0.2, 0.25) is 0 Å². The molecule has 2 aromatic rings. The van der Waals surface area contributed by atoms with Crippen LogP contribution in [0.4, 0.5) is 4.39 Å². The van der Waals surface area contributed by atoms with Crippen molar-refractivity contribution in [1.29, 1.82) is 0 Å². The van der Waals surface area contributed by atoms with Crippen molar-refractivity contribution < 1.29 is 19.0 Å². The molecule has 0 saturated carbocycles. The third-order valence-electron chi connectivity index (χ3n) is 3.56. The Morgan fingerprint density at radius 3 is 2.55 bits per heavy atom. The fourth-order valence-electron chi connectivity index (χ4n) is 2.69. The fourth-order valence-corrected chi connectivity index (χ4v) is 2.69. The highest BCUT2D eigenvalue weighted by Crippen LogP contribution is 2.44. The first-order valence-corrected chi connectivity index (χ1v) is 6.36. The molecule has 0 spiro atoms. The number of hydrogen-bond acceptors (Lipinski definition) is 2. The van der Waals surface area contributed by atoms with Crippen LogP contribution in [-0.2, 0) is 0 Å². The number of carboxylic acid groups (broad SMARTS) is 1. The summed E-state index contributed by atoms with van der Waals surface area (Å²) in [6.45, 7) is -0.659. The van der Waals surface area contributed by atoms with Crippen LogP contribution in [0.25, 0.3) is 0 Å². The Labute approximate surface area is 115 Å². The molecule has 0 aliphatic carbocycles. The molecule has 102 valence electrons. The molecule has 3 rings (SSSR count). The van der Waals surface area contributed by atoms with Crippen LogP contribution in [0.5, 0.6) is 5.75 Å². The van der Waals surface area contributed by atoms with E-state index in [4.69, 9.17) is 4.74 Å².